The zero-order valence-corrected chi connectivity index (χ0v) is 11.6. The highest BCUT2D eigenvalue weighted by Gasteiger charge is 2.36. The Kier molecular flexibility index (Phi) is 4.59. The number of ether oxygens (including phenoxy) is 1. The third kappa shape index (κ3) is 3.04. The molecule has 21 heavy (non-hydrogen) atoms. The van der Waals surface area contributed by atoms with E-state index < -0.39 is 11.5 Å². The van der Waals surface area contributed by atoms with Crippen molar-refractivity contribution in [2.24, 2.45) is 5.11 Å². The number of esters is 1. The van der Waals surface area contributed by atoms with E-state index in [0.29, 0.717) is 0 Å². The van der Waals surface area contributed by atoms with Crippen molar-refractivity contribution in [3.8, 4) is 0 Å². The maximum absolute atomic E-state index is 11.8. The lowest BCUT2D eigenvalue weighted by atomic mass is 9.81. The summed E-state index contributed by atoms with van der Waals surface area (Å²) in [4.78, 5) is 14.8. The van der Waals surface area contributed by atoms with Gasteiger partial charge in [0.15, 0.2) is 0 Å². The molecule has 5 heteroatoms. The van der Waals surface area contributed by atoms with E-state index in [1.165, 1.54) is 7.11 Å². The largest absolute Gasteiger partial charge is 0.469 e. The summed E-state index contributed by atoms with van der Waals surface area (Å²) in [5.41, 5.74) is 9.41. The van der Waals surface area contributed by atoms with Crippen LogP contribution in [0.15, 0.2) is 65.8 Å². The molecule has 0 amide bonds. The second-order valence-corrected chi connectivity index (χ2v) is 4.53. The predicted molar refractivity (Wildman–Crippen MR) is 79.4 cm³/mol. The lowest BCUT2D eigenvalue weighted by Gasteiger charge is -2.29. The number of benzene rings is 2. The van der Waals surface area contributed by atoms with Gasteiger partial charge in [0.1, 0.15) is 5.54 Å². The number of hydrogen-bond donors (Lipinski definition) is 0. The highest BCUT2D eigenvalue weighted by molar-refractivity contribution is 5.72. The summed E-state index contributed by atoms with van der Waals surface area (Å²) in [6.07, 6.45) is -0.0540. The number of azide groups is 1. The molecule has 2 aromatic carbocycles. The van der Waals surface area contributed by atoms with Crippen molar-refractivity contribution in [2.75, 3.05) is 7.11 Å². The molecule has 5 nitrogen and oxygen atoms in total. The average molecular weight is 281 g/mol. The molecular formula is C16H15N3O2. The standard InChI is InChI=1S/C16H15N3O2/c1-21-15(20)12-16(18-19-17,13-8-4-2-5-9-13)14-10-6-3-7-11-14/h2-11H,12H2,1H3. The topological polar surface area (TPSA) is 75.1 Å². The molecule has 0 bridgehead atoms. The summed E-state index contributed by atoms with van der Waals surface area (Å²) in [5.74, 6) is -0.435. The van der Waals surface area contributed by atoms with Gasteiger partial charge in [-0.25, -0.2) is 0 Å². The number of rotatable bonds is 5. The Bertz CT molecular complexity index is 610. The van der Waals surface area contributed by atoms with Crippen LogP contribution in [0.3, 0.4) is 0 Å². The van der Waals surface area contributed by atoms with Gasteiger partial charge in [0.25, 0.3) is 0 Å². The first-order chi connectivity index (χ1) is 10.2. The van der Waals surface area contributed by atoms with Gasteiger partial charge in [-0.2, -0.15) is 0 Å². The summed E-state index contributed by atoms with van der Waals surface area (Å²) in [7, 11) is 1.32. The van der Waals surface area contributed by atoms with Crippen LogP contribution in [-0.4, -0.2) is 13.1 Å². The van der Waals surface area contributed by atoms with E-state index in [1.54, 1.807) is 0 Å². The molecule has 0 atom stereocenters. The Hall–Kier alpha value is -2.78. The van der Waals surface area contributed by atoms with E-state index in [1.807, 2.05) is 60.7 Å². The molecule has 0 saturated heterocycles. The van der Waals surface area contributed by atoms with E-state index in [0.717, 1.165) is 11.1 Å². The Morgan fingerprint density at radius 2 is 1.57 bits per heavy atom. The van der Waals surface area contributed by atoms with E-state index in [9.17, 15) is 4.79 Å². The van der Waals surface area contributed by atoms with Crippen molar-refractivity contribution in [3.63, 3.8) is 0 Å². The number of nitrogens with zero attached hydrogens (tertiary/aromatic N) is 3. The van der Waals surface area contributed by atoms with E-state index in [4.69, 9.17) is 10.3 Å². The molecule has 0 N–H and O–H groups in total. The summed E-state index contributed by atoms with van der Waals surface area (Å²) >= 11 is 0. The van der Waals surface area contributed by atoms with Crippen LogP contribution < -0.4 is 0 Å². The van der Waals surface area contributed by atoms with Gasteiger partial charge in [-0.3, -0.25) is 4.79 Å². The second-order valence-electron chi connectivity index (χ2n) is 4.53. The molecule has 0 aliphatic rings. The molecule has 0 aromatic heterocycles. The van der Waals surface area contributed by atoms with Gasteiger partial charge in [-0.05, 0) is 16.7 Å². The van der Waals surface area contributed by atoms with Crippen LogP contribution in [0.25, 0.3) is 10.4 Å². The first kappa shape index (κ1) is 14.6. The summed E-state index contributed by atoms with van der Waals surface area (Å²) in [6.45, 7) is 0. The van der Waals surface area contributed by atoms with Gasteiger partial charge >= 0.3 is 5.97 Å². The monoisotopic (exact) mass is 281 g/mol. The van der Waals surface area contributed by atoms with Crippen molar-refractivity contribution in [3.05, 3.63) is 82.2 Å². The highest BCUT2D eigenvalue weighted by atomic mass is 16.5. The van der Waals surface area contributed by atoms with Crippen LogP contribution in [0.4, 0.5) is 0 Å². The Morgan fingerprint density at radius 3 is 1.95 bits per heavy atom. The van der Waals surface area contributed by atoms with Gasteiger partial charge in [0.05, 0.1) is 13.5 Å². The zero-order valence-electron chi connectivity index (χ0n) is 11.6. The number of carbonyl (C=O) groups is 1. The number of hydrogen-bond acceptors (Lipinski definition) is 3. The van der Waals surface area contributed by atoms with Gasteiger partial charge in [-0.15, -0.1) is 0 Å². The van der Waals surface area contributed by atoms with Crippen LogP contribution in [0.1, 0.15) is 17.5 Å². The van der Waals surface area contributed by atoms with Crippen LogP contribution in [0.5, 0.6) is 0 Å². The van der Waals surface area contributed by atoms with Crippen LogP contribution >= 0.6 is 0 Å². The minimum absolute atomic E-state index is 0.0540. The molecule has 0 aliphatic heterocycles. The van der Waals surface area contributed by atoms with Gasteiger partial charge in [-0.1, -0.05) is 65.8 Å². The molecule has 2 rings (SSSR count). The molecule has 0 radical (unpaired) electrons. The van der Waals surface area contributed by atoms with Crippen molar-refractivity contribution >= 4 is 5.97 Å². The maximum atomic E-state index is 11.8. The van der Waals surface area contributed by atoms with Crippen LogP contribution in [-0.2, 0) is 15.1 Å². The molecule has 0 heterocycles. The number of carbonyl (C=O) groups excluding carboxylic acids is 1. The van der Waals surface area contributed by atoms with Crippen LogP contribution in [0.2, 0.25) is 0 Å². The number of methoxy groups -OCH3 is 1. The normalized spacial score (nSPS) is 10.5. The smallest absolute Gasteiger partial charge is 0.306 e. The fourth-order valence-electron chi connectivity index (χ4n) is 2.31. The maximum Gasteiger partial charge on any atom is 0.306 e. The van der Waals surface area contributed by atoms with Gasteiger partial charge in [0, 0.05) is 4.91 Å². The molecular weight excluding hydrogens is 266 g/mol. The minimum Gasteiger partial charge on any atom is -0.469 e. The van der Waals surface area contributed by atoms with E-state index in [2.05, 4.69) is 10.0 Å². The molecule has 0 aliphatic carbocycles. The van der Waals surface area contributed by atoms with Gasteiger partial charge in [0.2, 0.25) is 0 Å². The molecule has 0 spiro atoms. The predicted octanol–water partition coefficient (Wildman–Crippen LogP) is 3.80. The van der Waals surface area contributed by atoms with Gasteiger partial charge < -0.3 is 4.74 Å². The molecule has 0 fully saturated rings. The Morgan fingerprint density at radius 1 is 1.10 bits per heavy atom. The quantitative estimate of drug-likeness (QED) is 0.362. The van der Waals surface area contributed by atoms with Crippen LogP contribution in [0, 0.1) is 0 Å². The fraction of sp³-hybridized carbons (Fsp3) is 0.188. The van der Waals surface area contributed by atoms with Crippen molar-refractivity contribution < 1.29 is 9.53 Å². The third-order valence-corrected chi connectivity index (χ3v) is 3.35. The lowest BCUT2D eigenvalue weighted by Crippen LogP contribution is -2.28. The summed E-state index contributed by atoms with van der Waals surface area (Å²) in [6, 6.07) is 18.5. The lowest BCUT2D eigenvalue weighted by molar-refractivity contribution is -0.141. The highest BCUT2D eigenvalue weighted by Crippen LogP contribution is 2.37. The second kappa shape index (κ2) is 6.59. The Labute approximate surface area is 122 Å². The molecule has 0 saturated carbocycles. The SMILES string of the molecule is COC(=O)CC(N=[N+]=[N-])(c1ccccc1)c1ccccc1. The molecule has 106 valence electrons. The fourth-order valence-corrected chi connectivity index (χ4v) is 2.31. The van der Waals surface area contributed by atoms with E-state index in [-0.39, 0.29) is 6.42 Å². The minimum atomic E-state index is -1.11. The first-order valence-corrected chi connectivity index (χ1v) is 6.47. The van der Waals surface area contributed by atoms with E-state index >= 15 is 0 Å². The Balaban J connectivity index is 2.66. The zero-order chi connectivity index (χ0) is 15.1. The summed E-state index contributed by atoms with van der Waals surface area (Å²) in [5, 5.41) is 3.96. The van der Waals surface area contributed by atoms with Crippen molar-refractivity contribution in [2.45, 2.75) is 12.0 Å². The average Bonchev–Trinajstić information content (AvgIpc) is 2.56. The summed E-state index contributed by atoms with van der Waals surface area (Å²) < 4.78 is 4.77. The first-order valence-electron chi connectivity index (χ1n) is 6.47. The third-order valence-electron chi connectivity index (χ3n) is 3.35. The molecule has 0 unspecified atom stereocenters. The molecule has 2 aromatic rings. The van der Waals surface area contributed by atoms with Crippen molar-refractivity contribution in [1.82, 2.24) is 0 Å². The van der Waals surface area contributed by atoms with Crippen molar-refractivity contribution in [1.29, 1.82) is 0 Å².